The molecule has 1 aliphatic rings. The standard InChI is InChI=1S/C14H20N2OS/c1-2-9-16(12-6-3-4-7-12)14(18)15-11-13-8-5-10-17-13/h2,5,8,10,12H,1,3-4,6-7,9,11H2,(H,15,18). The molecule has 0 saturated heterocycles. The minimum absolute atomic E-state index is 0.569. The van der Waals surface area contributed by atoms with Gasteiger partial charge in [-0.2, -0.15) is 0 Å². The van der Waals surface area contributed by atoms with Gasteiger partial charge in [0.25, 0.3) is 0 Å². The lowest BCUT2D eigenvalue weighted by Crippen LogP contribution is -2.44. The summed E-state index contributed by atoms with van der Waals surface area (Å²) in [6.45, 7) is 5.28. The second-order valence-corrected chi connectivity index (χ2v) is 5.00. The molecule has 1 heterocycles. The minimum Gasteiger partial charge on any atom is -0.467 e. The molecule has 0 spiro atoms. The first kappa shape index (κ1) is 13.1. The van der Waals surface area contributed by atoms with Crippen molar-refractivity contribution in [3.05, 3.63) is 36.8 Å². The Morgan fingerprint density at radius 1 is 1.56 bits per heavy atom. The predicted molar refractivity (Wildman–Crippen MR) is 77.3 cm³/mol. The SMILES string of the molecule is C=CCN(C(=S)NCc1ccco1)C1CCCC1. The molecule has 18 heavy (non-hydrogen) atoms. The van der Waals surface area contributed by atoms with E-state index in [1.54, 1.807) is 6.26 Å². The smallest absolute Gasteiger partial charge is 0.169 e. The summed E-state index contributed by atoms with van der Waals surface area (Å²) in [5, 5.41) is 4.07. The van der Waals surface area contributed by atoms with Gasteiger partial charge in [-0.05, 0) is 37.2 Å². The molecular formula is C14H20N2OS. The van der Waals surface area contributed by atoms with Crippen molar-refractivity contribution in [2.45, 2.75) is 38.3 Å². The van der Waals surface area contributed by atoms with Crippen LogP contribution in [-0.2, 0) is 6.54 Å². The Hall–Kier alpha value is -1.29. The second-order valence-electron chi connectivity index (χ2n) is 4.62. The van der Waals surface area contributed by atoms with E-state index in [0.717, 1.165) is 17.4 Å². The second kappa shape index (κ2) is 6.59. The molecule has 98 valence electrons. The van der Waals surface area contributed by atoms with Gasteiger partial charge in [0.15, 0.2) is 5.11 Å². The molecule has 4 heteroatoms. The first-order valence-corrected chi connectivity index (χ1v) is 6.90. The highest BCUT2D eigenvalue weighted by Crippen LogP contribution is 2.23. The summed E-state index contributed by atoms with van der Waals surface area (Å²) in [5.74, 6) is 0.905. The normalized spacial score (nSPS) is 15.6. The number of nitrogens with one attached hydrogen (secondary N) is 1. The van der Waals surface area contributed by atoms with Crippen LogP contribution in [0.4, 0.5) is 0 Å². The lowest BCUT2D eigenvalue weighted by Gasteiger charge is -2.30. The van der Waals surface area contributed by atoms with E-state index in [0.29, 0.717) is 12.6 Å². The van der Waals surface area contributed by atoms with Crippen molar-refractivity contribution in [3.63, 3.8) is 0 Å². The van der Waals surface area contributed by atoms with Crippen molar-refractivity contribution in [2.24, 2.45) is 0 Å². The van der Waals surface area contributed by atoms with Crippen LogP contribution in [0.25, 0.3) is 0 Å². The van der Waals surface area contributed by atoms with E-state index in [1.165, 1.54) is 25.7 Å². The zero-order valence-electron chi connectivity index (χ0n) is 10.6. The average molecular weight is 264 g/mol. The van der Waals surface area contributed by atoms with Gasteiger partial charge in [0.1, 0.15) is 5.76 Å². The maximum atomic E-state index is 5.48. The maximum absolute atomic E-state index is 5.48. The number of furan rings is 1. The van der Waals surface area contributed by atoms with E-state index in [1.807, 2.05) is 18.2 Å². The van der Waals surface area contributed by atoms with Gasteiger partial charge < -0.3 is 14.6 Å². The summed E-state index contributed by atoms with van der Waals surface area (Å²) >= 11 is 5.48. The van der Waals surface area contributed by atoms with Gasteiger partial charge in [-0.25, -0.2) is 0 Å². The van der Waals surface area contributed by atoms with Crippen molar-refractivity contribution in [1.29, 1.82) is 0 Å². The number of rotatable bonds is 5. The minimum atomic E-state index is 0.569. The highest BCUT2D eigenvalue weighted by atomic mass is 32.1. The fraction of sp³-hybridized carbons (Fsp3) is 0.500. The largest absolute Gasteiger partial charge is 0.467 e. The van der Waals surface area contributed by atoms with Gasteiger partial charge >= 0.3 is 0 Å². The first-order valence-electron chi connectivity index (χ1n) is 6.49. The third-order valence-corrected chi connectivity index (χ3v) is 3.72. The van der Waals surface area contributed by atoms with E-state index in [2.05, 4.69) is 16.8 Å². The molecule has 0 aromatic carbocycles. The lowest BCUT2D eigenvalue weighted by molar-refractivity contribution is 0.336. The Labute approximate surface area is 114 Å². The van der Waals surface area contributed by atoms with Crippen LogP contribution in [0, 0.1) is 0 Å². The van der Waals surface area contributed by atoms with Crippen molar-refractivity contribution in [3.8, 4) is 0 Å². The molecule has 0 amide bonds. The van der Waals surface area contributed by atoms with Crippen LogP contribution in [0.2, 0.25) is 0 Å². The first-order chi connectivity index (χ1) is 8.81. The van der Waals surface area contributed by atoms with Crippen molar-refractivity contribution in [1.82, 2.24) is 10.2 Å². The molecular weight excluding hydrogens is 244 g/mol. The van der Waals surface area contributed by atoms with Gasteiger partial charge in [0.05, 0.1) is 12.8 Å². The monoisotopic (exact) mass is 264 g/mol. The summed E-state index contributed by atoms with van der Waals surface area (Å²) in [6, 6.07) is 4.40. The summed E-state index contributed by atoms with van der Waals surface area (Å²) < 4.78 is 5.29. The molecule has 0 aliphatic heterocycles. The third-order valence-electron chi connectivity index (χ3n) is 3.35. The van der Waals surface area contributed by atoms with E-state index >= 15 is 0 Å². The highest BCUT2D eigenvalue weighted by Gasteiger charge is 2.23. The number of hydrogen-bond donors (Lipinski definition) is 1. The fourth-order valence-electron chi connectivity index (χ4n) is 2.43. The number of hydrogen-bond acceptors (Lipinski definition) is 2. The van der Waals surface area contributed by atoms with Gasteiger partial charge in [0.2, 0.25) is 0 Å². The zero-order valence-corrected chi connectivity index (χ0v) is 11.4. The molecule has 1 saturated carbocycles. The molecule has 1 aromatic heterocycles. The van der Waals surface area contributed by atoms with Crippen LogP contribution < -0.4 is 5.32 Å². The Bertz CT molecular complexity index is 383. The van der Waals surface area contributed by atoms with Crippen LogP contribution in [0.1, 0.15) is 31.4 Å². The molecule has 0 unspecified atom stereocenters. The van der Waals surface area contributed by atoms with Crippen LogP contribution in [0.15, 0.2) is 35.5 Å². The molecule has 1 fully saturated rings. The van der Waals surface area contributed by atoms with E-state index < -0.39 is 0 Å². The van der Waals surface area contributed by atoms with Crippen LogP contribution >= 0.6 is 12.2 Å². The van der Waals surface area contributed by atoms with Crippen LogP contribution in [0.5, 0.6) is 0 Å². The number of nitrogens with zero attached hydrogens (tertiary/aromatic N) is 1. The summed E-state index contributed by atoms with van der Waals surface area (Å²) in [5.41, 5.74) is 0. The van der Waals surface area contributed by atoms with Gasteiger partial charge in [-0.3, -0.25) is 0 Å². The molecule has 1 N–H and O–H groups in total. The Kier molecular flexibility index (Phi) is 4.81. The van der Waals surface area contributed by atoms with Crippen LogP contribution in [-0.4, -0.2) is 22.6 Å². The molecule has 0 bridgehead atoms. The molecule has 0 radical (unpaired) electrons. The lowest BCUT2D eigenvalue weighted by atomic mass is 10.2. The van der Waals surface area contributed by atoms with Crippen molar-refractivity contribution >= 4 is 17.3 Å². The maximum Gasteiger partial charge on any atom is 0.169 e. The van der Waals surface area contributed by atoms with E-state index in [9.17, 15) is 0 Å². The summed E-state index contributed by atoms with van der Waals surface area (Å²) in [7, 11) is 0. The van der Waals surface area contributed by atoms with Gasteiger partial charge in [-0.1, -0.05) is 18.9 Å². The summed E-state index contributed by atoms with van der Waals surface area (Å²) in [6.07, 6.45) is 8.67. The Morgan fingerprint density at radius 2 is 2.33 bits per heavy atom. The predicted octanol–water partition coefficient (Wildman–Crippen LogP) is 3.08. The highest BCUT2D eigenvalue weighted by molar-refractivity contribution is 7.80. The average Bonchev–Trinajstić information content (AvgIpc) is 3.05. The zero-order chi connectivity index (χ0) is 12.8. The van der Waals surface area contributed by atoms with E-state index in [-0.39, 0.29) is 0 Å². The van der Waals surface area contributed by atoms with E-state index in [4.69, 9.17) is 16.6 Å². The molecule has 3 nitrogen and oxygen atoms in total. The molecule has 1 aliphatic carbocycles. The Morgan fingerprint density at radius 3 is 2.94 bits per heavy atom. The summed E-state index contributed by atoms with van der Waals surface area (Å²) in [4.78, 5) is 2.25. The van der Waals surface area contributed by atoms with Gasteiger partial charge in [0, 0.05) is 12.6 Å². The van der Waals surface area contributed by atoms with Gasteiger partial charge in [-0.15, -0.1) is 6.58 Å². The molecule has 0 atom stereocenters. The number of thiocarbonyl (C=S) groups is 1. The topological polar surface area (TPSA) is 28.4 Å². The van der Waals surface area contributed by atoms with Crippen LogP contribution in [0.3, 0.4) is 0 Å². The fourth-order valence-corrected chi connectivity index (χ4v) is 2.73. The quantitative estimate of drug-likeness (QED) is 0.653. The molecule has 1 aromatic rings. The van der Waals surface area contributed by atoms with Crippen molar-refractivity contribution in [2.75, 3.05) is 6.54 Å². The third kappa shape index (κ3) is 3.35. The molecule has 2 rings (SSSR count). The Balaban J connectivity index is 1.88. The van der Waals surface area contributed by atoms with Crippen molar-refractivity contribution < 1.29 is 4.42 Å².